The quantitative estimate of drug-likeness (QED) is 0.755. The van der Waals surface area contributed by atoms with Crippen molar-refractivity contribution in [2.75, 3.05) is 26.2 Å². The minimum atomic E-state index is 0.0928. The van der Waals surface area contributed by atoms with Crippen LogP contribution in [0.1, 0.15) is 40.0 Å². The van der Waals surface area contributed by atoms with E-state index in [2.05, 4.69) is 25.7 Å². The van der Waals surface area contributed by atoms with E-state index >= 15 is 0 Å². The van der Waals surface area contributed by atoms with Crippen LogP contribution < -0.4 is 5.73 Å². The zero-order valence-corrected chi connectivity index (χ0v) is 10.5. The van der Waals surface area contributed by atoms with Gasteiger partial charge in [-0.2, -0.15) is 0 Å². The number of likely N-dealkylation sites (N-methyl/N-ethyl adjacent to an activating group) is 1. The number of ether oxygens (including phenoxy) is 1. The fourth-order valence-corrected chi connectivity index (χ4v) is 2.13. The summed E-state index contributed by atoms with van der Waals surface area (Å²) in [6.45, 7) is 10.3. The fraction of sp³-hybridized carbons (Fsp3) is 1.00. The van der Waals surface area contributed by atoms with Gasteiger partial charge in [0.1, 0.15) is 0 Å². The molecule has 0 aromatic heterocycles. The van der Waals surface area contributed by atoms with Crippen molar-refractivity contribution < 1.29 is 4.74 Å². The van der Waals surface area contributed by atoms with Gasteiger partial charge < -0.3 is 10.5 Å². The summed E-state index contributed by atoms with van der Waals surface area (Å²) in [7, 11) is 0. The summed E-state index contributed by atoms with van der Waals surface area (Å²) < 4.78 is 5.77. The van der Waals surface area contributed by atoms with Crippen LogP contribution in [0.5, 0.6) is 0 Å². The van der Waals surface area contributed by atoms with Crippen LogP contribution in [-0.2, 0) is 4.74 Å². The topological polar surface area (TPSA) is 38.5 Å². The van der Waals surface area contributed by atoms with Gasteiger partial charge in [0.05, 0.1) is 6.10 Å². The van der Waals surface area contributed by atoms with E-state index in [-0.39, 0.29) is 5.54 Å². The highest BCUT2D eigenvalue weighted by Crippen LogP contribution is 2.18. The highest BCUT2D eigenvalue weighted by molar-refractivity contribution is 4.84. The predicted octanol–water partition coefficient (Wildman–Crippen LogP) is 1.61. The van der Waals surface area contributed by atoms with Crippen LogP contribution in [0.2, 0.25) is 0 Å². The molecule has 3 heteroatoms. The summed E-state index contributed by atoms with van der Waals surface area (Å²) in [5.41, 5.74) is 5.90. The van der Waals surface area contributed by atoms with Gasteiger partial charge in [0.15, 0.2) is 0 Å². The van der Waals surface area contributed by atoms with Gasteiger partial charge in [-0.15, -0.1) is 0 Å². The van der Waals surface area contributed by atoms with E-state index in [0.29, 0.717) is 12.6 Å². The summed E-state index contributed by atoms with van der Waals surface area (Å²) in [6.07, 6.45) is 4.16. The largest absolute Gasteiger partial charge is 0.377 e. The van der Waals surface area contributed by atoms with Crippen molar-refractivity contribution in [3.63, 3.8) is 0 Å². The molecule has 0 aliphatic carbocycles. The highest BCUT2D eigenvalue weighted by atomic mass is 16.5. The van der Waals surface area contributed by atoms with Crippen molar-refractivity contribution >= 4 is 0 Å². The first-order chi connectivity index (χ1) is 7.10. The average Bonchev–Trinajstić information content (AvgIpc) is 2.27. The molecule has 0 aromatic rings. The zero-order valence-electron chi connectivity index (χ0n) is 10.5. The Bertz CT molecular complexity index is 176. The molecule has 0 bridgehead atoms. The number of rotatable bonds is 5. The van der Waals surface area contributed by atoms with Crippen LogP contribution in [0.15, 0.2) is 0 Å². The standard InChI is InChI=1S/C12H26N2O/c1-4-14(12(2,3)10-13)9-11-7-5-6-8-15-11/h11H,4-10,13H2,1-3H3. The third-order valence-corrected chi connectivity index (χ3v) is 3.44. The Hall–Kier alpha value is -0.120. The third kappa shape index (κ3) is 3.74. The molecule has 0 saturated carbocycles. The first-order valence-corrected chi connectivity index (χ1v) is 6.17. The molecule has 0 spiro atoms. The molecular weight excluding hydrogens is 188 g/mol. The molecule has 0 amide bonds. The Morgan fingerprint density at radius 3 is 2.60 bits per heavy atom. The predicted molar refractivity (Wildman–Crippen MR) is 64.0 cm³/mol. The maximum absolute atomic E-state index is 5.81. The molecule has 1 heterocycles. The van der Waals surface area contributed by atoms with E-state index in [1.54, 1.807) is 0 Å². The lowest BCUT2D eigenvalue weighted by Gasteiger charge is -2.39. The lowest BCUT2D eigenvalue weighted by atomic mass is 10.0. The van der Waals surface area contributed by atoms with Gasteiger partial charge in [-0.1, -0.05) is 6.92 Å². The smallest absolute Gasteiger partial charge is 0.0702 e. The summed E-state index contributed by atoms with van der Waals surface area (Å²) in [4.78, 5) is 2.43. The van der Waals surface area contributed by atoms with Crippen molar-refractivity contribution in [1.82, 2.24) is 4.90 Å². The van der Waals surface area contributed by atoms with Crippen molar-refractivity contribution in [1.29, 1.82) is 0 Å². The van der Waals surface area contributed by atoms with E-state index < -0.39 is 0 Å². The monoisotopic (exact) mass is 214 g/mol. The summed E-state index contributed by atoms with van der Waals surface area (Å²) in [5.74, 6) is 0. The maximum atomic E-state index is 5.81. The molecule has 0 aromatic carbocycles. The lowest BCUT2D eigenvalue weighted by Crippen LogP contribution is -2.52. The molecule has 15 heavy (non-hydrogen) atoms. The third-order valence-electron chi connectivity index (χ3n) is 3.44. The summed E-state index contributed by atoms with van der Waals surface area (Å²) >= 11 is 0. The Morgan fingerprint density at radius 1 is 1.40 bits per heavy atom. The van der Waals surface area contributed by atoms with E-state index in [9.17, 15) is 0 Å². The van der Waals surface area contributed by atoms with Crippen molar-refractivity contribution in [2.45, 2.75) is 51.7 Å². The lowest BCUT2D eigenvalue weighted by molar-refractivity contribution is -0.0232. The number of hydrogen-bond donors (Lipinski definition) is 1. The van der Waals surface area contributed by atoms with Gasteiger partial charge in [-0.3, -0.25) is 4.90 Å². The van der Waals surface area contributed by atoms with Crippen LogP contribution in [0.3, 0.4) is 0 Å². The molecule has 3 nitrogen and oxygen atoms in total. The van der Waals surface area contributed by atoms with Crippen LogP contribution in [0, 0.1) is 0 Å². The van der Waals surface area contributed by atoms with Crippen LogP contribution in [-0.4, -0.2) is 42.8 Å². The van der Waals surface area contributed by atoms with Gasteiger partial charge in [-0.25, -0.2) is 0 Å². The summed E-state index contributed by atoms with van der Waals surface area (Å²) in [5, 5.41) is 0. The molecule has 1 aliphatic rings. The van der Waals surface area contributed by atoms with Gasteiger partial charge in [-0.05, 0) is 39.7 Å². The van der Waals surface area contributed by atoms with E-state index in [1.165, 1.54) is 19.3 Å². The maximum Gasteiger partial charge on any atom is 0.0702 e. The fourth-order valence-electron chi connectivity index (χ4n) is 2.13. The Kier molecular flexibility index (Phi) is 5.03. The second-order valence-corrected chi connectivity index (χ2v) is 5.04. The number of nitrogens with zero attached hydrogens (tertiary/aromatic N) is 1. The van der Waals surface area contributed by atoms with Crippen LogP contribution in [0.4, 0.5) is 0 Å². The minimum absolute atomic E-state index is 0.0928. The van der Waals surface area contributed by atoms with Crippen LogP contribution in [0.25, 0.3) is 0 Å². The van der Waals surface area contributed by atoms with Gasteiger partial charge in [0, 0.05) is 25.2 Å². The molecule has 90 valence electrons. The van der Waals surface area contributed by atoms with E-state index in [1.807, 2.05) is 0 Å². The van der Waals surface area contributed by atoms with Crippen LogP contribution >= 0.6 is 0 Å². The van der Waals surface area contributed by atoms with Crippen molar-refractivity contribution in [3.8, 4) is 0 Å². The van der Waals surface area contributed by atoms with Gasteiger partial charge >= 0.3 is 0 Å². The van der Waals surface area contributed by atoms with E-state index in [0.717, 1.165) is 19.7 Å². The Labute approximate surface area is 94.0 Å². The SMILES string of the molecule is CCN(CC1CCCCO1)C(C)(C)CN. The minimum Gasteiger partial charge on any atom is -0.377 e. The second-order valence-electron chi connectivity index (χ2n) is 5.04. The molecule has 1 aliphatic heterocycles. The van der Waals surface area contributed by atoms with Gasteiger partial charge in [0.25, 0.3) is 0 Å². The number of hydrogen-bond acceptors (Lipinski definition) is 3. The molecule has 1 atom stereocenters. The normalized spacial score (nSPS) is 23.4. The molecule has 1 saturated heterocycles. The van der Waals surface area contributed by atoms with Crippen molar-refractivity contribution in [2.24, 2.45) is 5.73 Å². The van der Waals surface area contributed by atoms with Crippen molar-refractivity contribution in [3.05, 3.63) is 0 Å². The molecule has 1 fully saturated rings. The second kappa shape index (κ2) is 5.83. The first kappa shape index (κ1) is 12.9. The number of nitrogens with two attached hydrogens (primary N) is 1. The van der Waals surface area contributed by atoms with Gasteiger partial charge in [0.2, 0.25) is 0 Å². The van der Waals surface area contributed by atoms with E-state index in [4.69, 9.17) is 10.5 Å². The molecule has 2 N–H and O–H groups in total. The Balaban J connectivity index is 2.44. The highest BCUT2D eigenvalue weighted by Gasteiger charge is 2.27. The molecule has 1 unspecified atom stereocenters. The zero-order chi connectivity index (χ0) is 11.3. The average molecular weight is 214 g/mol. The summed E-state index contributed by atoms with van der Waals surface area (Å²) in [6, 6.07) is 0. The Morgan fingerprint density at radius 2 is 2.13 bits per heavy atom. The molecular formula is C12H26N2O. The molecule has 1 rings (SSSR count). The first-order valence-electron chi connectivity index (χ1n) is 6.17. The molecule has 0 radical (unpaired) electrons.